The molecule has 0 unspecified atom stereocenters. The minimum absolute atomic E-state index is 0.162. The third-order valence-electron chi connectivity index (χ3n) is 2.76. The summed E-state index contributed by atoms with van der Waals surface area (Å²) in [5.41, 5.74) is 0.494. The van der Waals surface area contributed by atoms with Crippen LogP contribution in [0.1, 0.15) is 6.92 Å². The molecule has 0 bridgehead atoms. The Morgan fingerprint density at radius 1 is 1.05 bits per heavy atom. The number of carbonyl (C=O) groups is 1. The van der Waals surface area contributed by atoms with Crippen LogP contribution in [-0.4, -0.2) is 36.6 Å². The van der Waals surface area contributed by atoms with Gasteiger partial charge in [-0.05, 0) is 31.2 Å². The zero-order valence-electron chi connectivity index (χ0n) is 11.9. The lowest BCUT2D eigenvalue weighted by Gasteiger charge is -2.35. The van der Waals surface area contributed by atoms with Crippen molar-refractivity contribution >= 4 is 5.91 Å². The van der Waals surface area contributed by atoms with Crippen LogP contribution in [0.3, 0.4) is 0 Å². The molecular weight excluding hydrogens is 236 g/mol. The molecular formula is C16H25N2O+. The third kappa shape index (κ3) is 6.58. The highest BCUT2D eigenvalue weighted by molar-refractivity contribution is 5.92. The Bertz CT molecular complexity index is 354. The van der Waals surface area contributed by atoms with Crippen molar-refractivity contribution < 1.29 is 9.28 Å². The largest absolute Gasteiger partial charge is 0.329 e. The van der Waals surface area contributed by atoms with Crippen molar-refractivity contribution in [3.8, 4) is 0 Å². The molecule has 0 aromatic rings. The van der Waals surface area contributed by atoms with Gasteiger partial charge < -0.3 is 9.80 Å². The van der Waals surface area contributed by atoms with Crippen LogP contribution in [0.4, 0.5) is 0 Å². The molecule has 0 fully saturated rings. The molecule has 3 nitrogen and oxygen atoms in total. The van der Waals surface area contributed by atoms with E-state index in [0.29, 0.717) is 5.57 Å². The van der Waals surface area contributed by atoms with Crippen LogP contribution in [0.15, 0.2) is 62.4 Å². The van der Waals surface area contributed by atoms with E-state index in [1.54, 1.807) is 13.1 Å². The predicted octanol–water partition coefficient (Wildman–Crippen LogP) is 2.57. The molecule has 0 aliphatic carbocycles. The second kappa shape index (κ2) is 9.11. The molecule has 0 rings (SSSR count). The smallest absolute Gasteiger partial charge is 0.250 e. The van der Waals surface area contributed by atoms with E-state index >= 15 is 0 Å². The van der Waals surface area contributed by atoms with Crippen molar-refractivity contribution in [3.63, 3.8) is 0 Å². The van der Waals surface area contributed by atoms with E-state index in [0.717, 1.165) is 30.7 Å². The van der Waals surface area contributed by atoms with Crippen molar-refractivity contribution in [2.75, 3.05) is 26.2 Å². The number of nitrogens with zero attached hydrogens (tertiary/aromatic N) is 1. The Labute approximate surface area is 116 Å². The van der Waals surface area contributed by atoms with Gasteiger partial charge in [-0.3, -0.25) is 4.79 Å². The molecule has 3 heteroatoms. The highest BCUT2D eigenvalue weighted by atomic mass is 16.1. The fourth-order valence-electron chi connectivity index (χ4n) is 1.80. The lowest BCUT2D eigenvalue weighted by Crippen LogP contribution is -2.48. The summed E-state index contributed by atoms with van der Waals surface area (Å²) in [6.45, 7) is 19.9. The van der Waals surface area contributed by atoms with E-state index < -0.39 is 0 Å². The van der Waals surface area contributed by atoms with Crippen molar-refractivity contribution in [1.82, 2.24) is 5.32 Å². The molecule has 0 aliphatic heterocycles. The zero-order valence-corrected chi connectivity index (χ0v) is 11.9. The fraction of sp³-hybridized carbons (Fsp3) is 0.312. The van der Waals surface area contributed by atoms with Gasteiger partial charge in [0.15, 0.2) is 0 Å². The number of carbonyl (C=O) groups excluding carboxylic acids is 1. The van der Waals surface area contributed by atoms with Crippen molar-refractivity contribution in [1.29, 1.82) is 0 Å². The molecule has 0 atom stereocenters. The minimum atomic E-state index is -0.162. The molecule has 19 heavy (non-hydrogen) atoms. The van der Waals surface area contributed by atoms with Gasteiger partial charge in [-0.25, -0.2) is 0 Å². The molecule has 0 aromatic carbocycles. The van der Waals surface area contributed by atoms with Gasteiger partial charge in [-0.2, -0.15) is 0 Å². The quantitative estimate of drug-likeness (QED) is 0.365. The normalized spacial score (nSPS) is 11.0. The molecule has 0 radical (unpaired) electrons. The standard InChI is InChI=1S/C16H24N2O/c1-6-11-18(12-7-2,13-8-3)14-9-10-17-16(19)15(4)5/h6-10H,1-4,11-14H2,5H3/p+1. The summed E-state index contributed by atoms with van der Waals surface area (Å²) >= 11 is 0. The first-order valence-corrected chi connectivity index (χ1v) is 6.30. The van der Waals surface area contributed by atoms with E-state index in [1.165, 1.54) is 0 Å². The summed E-state index contributed by atoms with van der Waals surface area (Å²) in [4.78, 5) is 11.3. The fourth-order valence-corrected chi connectivity index (χ4v) is 1.80. The Balaban J connectivity index is 4.62. The maximum absolute atomic E-state index is 11.3. The molecule has 0 saturated heterocycles. The summed E-state index contributed by atoms with van der Waals surface area (Å²) in [5, 5.41) is 2.67. The first kappa shape index (κ1) is 17.1. The average Bonchev–Trinajstić information content (AvgIpc) is 2.35. The number of hydrogen-bond donors (Lipinski definition) is 1. The molecule has 104 valence electrons. The van der Waals surface area contributed by atoms with Crippen LogP contribution >= 0.6 is 0 Å². The molecule has 1 amide bonds. The van der Waals surface area contributed by atoms with Crippen LogP contribution in [0.2, 0.25) is 0 Å². The lowest BCUT2D eigenvalue weighted by molar-refractivity contribution is -0.906. The van der Waals surface area contributed by atoms with Gasteiger partial charge in [0, 0.05) is 11.8 Å². The van der Waals surface area contributed by atoms with E-state index in [2.05, 4.69) is 31.6 Å². The number of quaternary nitrogens is 1. The van der Waals surface area contributed by atoms with Crippen molar-refractivity contribution in [3.05, 3.63) is 62.4 Å². The number of rotatable bonds is 10. The molecule has 0 aliphatic rings. The topological polar surface area (TPSA) is 29.1 Å². The first-order chi connectivity index (χ1) is 9.01. The van der Waals surface area contributed by atoms with E-state index in [-0.39, 0.29) is 5.91 Å². The maximum atomic E-state index is 11.3. The lowest BCUT2D eigenvalue weighted by atomic mass is 10.3. The van der Waals surface area contributed by atoms with Crippen molar-refractivity contribution in [2.24, 2.45) is 0 Å². The van der Waals surface area contributed by atoms with Gasteiger partial charge in [0.2, 0.25) is 5.91 Å². The van der Waals surface area contributed by atoms with Crippen molar-refractivity contribution in [2.45, 2.75) is 6.92 Å². The average molecular weight is 261 g/mol. The van der Waals surface area contributed by atoms with Crippen LogP contribution in [0.25, 0.3) is 0 Å². The van der Waals surface area contributed by atoms with E-state index in [9.17, 15) is 4.79 Å². The van der Waals surface area contributed by atoms with Gasteiger partial charge in [0.1, 0.15) is 0 Å². The van der Waals surface area contributed by atoms with Gasteiger partial charge in [-0.15, -0.1) is 0 Å². The SMILES string of the molecule is C=CC[N+](CC=C)(CC=C)CC=CNC(=O)C(=C)C. The second-order valence-corrected chi connectivity index (χ2v) is 4.59. The Morgan fingerprint density at radius 3 is 1.89 bits per heavy atom. The van der Waals surface area contributed by atoms with Crippen LogP contribution in [0.5, 0.6) is 0 Å². The van der Waals surface area contributed by atoms with Gasteiger partial charge in [0.25, 0.3) is 0 Å². The minimum Gasteiger partial charge on any atom is -0.329 e. The Kier molecular flexibility index (Phi) is 8.22. The molecule has 0 spiro atoms. The summed E-state index contributed by atoms with van der Waals surface area (Å²) < 4.78 is 0.774. The molecule has 1 N–H and O–H groups in total. The number of amides is 1. The second-order valence-electron chi connectivity index (χ2n) is 4.59. The maximum Gasteiger partial charge on any atom is 0.250 e. The molecule has 0 aromatic heterocycles. The molecule has 0 saturated carbocycles. The Morgan fingerprint density at radius 2 is 1.53 bits per heavy atom. The van der Waals surface area contributed by atoms with E-state index in [4.69, 9.17) is 0 Å². The van der Waals surface area contributed by atoms with Crippen LogP contribution in [-0.2, 0) is 4.79 Å². The van der Waals surface area contributed by atoms with Gasteiger partial charge in [0.05, 0.1) is 26.2 Å². The molecule has 0 heterocycles. The summed E-state index contributed by atoms with van der Waals surface area (Å²) in [6.07, 6.45) is 9.30. The Hall–Kier alpha value is -1.87. The monoisotopic (exact) mass is 261 g/mol. The zero-order chi connectivity index (χ0) is 14.7. The number of nitrogens with one attached hydrogen (secondary N) is 1. The van der Waals surface area contributed by atoms with Gasteiger partial charge >= 0.3 is 0 Å². The summed E-state index contributed by atoms with van der Waals surface area (Å²) in [5.74, 6) is -0.162. The summed E-state index contributed by atoms with van der Waals surface area (Å²) in [7, 11) is 0. The number of hydrogen-bond acceptors (Lipinski definition) is 1. The summed E-state index contributed by atoms with van der Waals surface area (Å²) in [6, 6.07) is 0. The predicted molar refractivity (Wildman–Crippen MR) is 82.4 cm³/mol. The highest BCUT2D eigenvalue weighted by Crippen LogP contribution is 2.08. The highest BCUT2D eigenvalue weighted by Gasteiger charge is 2.20. The van der Waals surface area contributed by atoms with Gasteiger partial charge in [-0.1, -0.05) is 26.3 Å². The van der Waals surface area contributed by atoms with Crippen LogP contribution < -0.4 is 5.32 Å². The third-order valence-corrected chi connectivity index (χ3v) is 2.76. The van der Waals surface area contributed by atoms with Crippen LogP contribution in [0, 0.1) is 0 Å². The van der Waals surface area contributed by atoms with E-state index in [1.807, 2.05) is 24.3 Å². The first-order valence-electron chi connectivity index (χ1n) is 6.30.